The lowest BCUT2D eigenvalue weighted by molar-refractivity contribution is -0.137. The fraction of sp³-hybridized carbons (Fsp3) is 0.167. The summed E-state index contributed by atoms with van der Waals surface area (Å²) >= 11 is 0. The first kappa shape index (κ1) is 14.2. The van der Waals surface area contributed by atoms with E-state index in [4.69, 9.17) is 5.84 Å². The van der Waals surface area contributed by atoms with Crippen LogP contribution >= 0.6 is 0 Å². The highest BCUT2D eigenvalue weighted by molar-refractivity contribution is 5.59. The molecule has 0 bridgehead atoms. The van der Waals surface area contributed by atoms with Gasteiger partial charge in [-0.2, -0.15) is 13.2 Å². The number of aryl methyl sites for hydroxylation is 1. The average molecular weight is 286 g/mol. The lowest BCUT2D eigenvalue weighted by Gasteiger charge is -2.10. The smallest absolute Gasteiger partial charge is 0.308 e. The first-order valence-electron chi connectivity index (χ1n) is 5.50. The number of nitrogens with one attached hydrogen (secondary N) is 1. The van der Waals surface area contributed by atoms with E-state index in [1.807, 2.05) is 0 Å². The van der Waals surface area contributed by atoms with Crippen LogP contribution in [0.3, 0.4) is 0 Å². The summed E-state index contributed by atoms with van der Waals surface area (Å²) in [5.74, 6) is 4.38. The van der Waals surface area contributed by atoms with Crippen LogP contribution in [0.2, 0.25) is 0 Å². The average Bonchev–Trinajstić information content (AvgIpc) is 2.36. The molecule has 0 atom stereocenters. The van der Waals surface area contributed by atoms with Gasteiger partial charge in [-0.15, -0.1) is 0 Å². The summed E-state index contributed by atoms with van der Waals surface area (Å²) in [4.78, 5) is 7.88. The largest absolute Gasteiger partial charge is 0.416 e. The molecular formula is C12H10F4N4. The molecule has 2 rings (SSSR count). The number of aromatic nitrogens is 2. The maximum Gasteiger partial charge on any atom is 0.416 e. The molecule has 1 aromatic carbocycles. The van der Waals surface area contributed by atoms with Crippen LogP contribution in [-0.4, -0.2) is 9.97 Å². The van der Waals surface area contributed by atoms with E-state index >= 15 is 0 Å². The molecular weight excluding hydrogens is 276 g/mol. The van der Waals surface area contributed by atoms with Crippen LogP contribution < -0.4 is 11.3 Å². The number of nitrogens with two attached hydrogens (primary N) is 1. The van der Waals surface area contributed by atoms with Gasteiger partial charge in [-0.3, -0.25) is 0 Å². The van der Waals surface area contributed by atoms with Gasteiger partial charge in [0.05, 0.1) is 5.56 Å². The molecule has 1 aromatic heterocycles. The number of nitrogens with zero attached hydrogens (tertiary/aromatic N) is 2. The number of hydrazine groups is 1. The van der Waals surface area contributed by atoms with E-state index in [-0.39, 0.29) is 17.2 Å². The van der Waals surface area contributed by atoms with E-state index in [9.17, 15) is 17.6 Å². The van der Waals surface area contributed by atoms with Gasteiger partial charge >= 0.3 is 6.18 Å². The number of hydrogen-bond acceptors (Lipinski definition) is 4. The van der Waals surface area contributed by atoms with E-state index in [2.05, 4.69) is 15.4 Å². The second-order valence-electron chi connectivity index (χ2n) is 4.09. The number of benzene rings is 1. The zero-order valence-electron chi connectivity index (χ0n) is 10.3. The van der Waals surface area contributed by atoms with Gasteiger partial charge in [-0.05, 0) is 25.1 Å². The Bertz CT molecular complexity index is 640. The predicted octanol–water partition coefficient (Wildman–Crippen LogP) is 2.90. The predicted molar refractivity (Wildman–Crippen MR) is 65.0 cm³/mol. The van der Waals surface area contributed by atoms with Gasteiger partial charge in [0.1, 0.15) is 11.6 Å². The summed E-state index contributed by atoms with van der Waals surface area (Å²) in [6, 6.07) is 3.65. The maximum absolute atomic E-state index is 13.3. The minimum Gasteiger partial charge on any atom is -0.308 e. The number of alkyl halides is 3. The van der Waals surface area contributed by atoms with Crippen molar-refractivity contribution in [1.29, 1.82) is 0 Å². The van der Waals surface area contributed by atoms with Gasteiger partial charge < -0.3 is 5.43 Å². The zero-order chi connectivity index (χ0) is 14.9. The SMILES string of the molecule is Cc1cc(NN)nc(-c2cc(F)cc(C(F)(F)F)c2)n1. The Morgan fingerprint density at radius 2 is 1.80 bits per heavy atom. The molecule has 20 heavy (non-hydrogen) atoms. The Kier molecular flexibility index (Phi) is 3.58. The Morgan fingerprint density at radius 3 is 2.40 bits per heavy atom. The molecule has 0 aliphatic heterocycles. The van der Waals surface area contributed by atoms with E-state index in [1.165, 1.54) is 6.07 Å². The van der Waals surface area contributed by atoms with Crippen molar-refractivity contribution in [2.45, 2.75) is 13.1 Å². The normalized spacial score (nSPS) is 11.5. The van der Waals surface area contributed by atoms with Crippen molar-refractivity contribution in [2.75, 3.05) is 5.43 Å². The fourth-order valence-corrected chi connectivity index (χ4v) is 1.65. The Hall–Kier alpha value is -2.22. The minimum atomic E-state index is -4.64. The second kappa shape index (κ2) is 5.04. The van der Waals surface area contributed by atoms with E-state index in [0.717, 1.165) is 12.1 Å². The second-order valence-corrected chi connectivity index (χ2v) is 4.09. The third-order valence-corrected chi connectivity index (χ3v) is 2.49. The third-order valence-electron chi connectivity index (χ3n) is 2.49. The molecule has 8 heteroatoms. The zero-order valence-corrected chi connectivity index (χ0v) is 10.3. The van der Waals surface area contributed by atoms with Crippen molar-refractivity contribution >= 4 is 5.82 Å². The first-order chi connectivity index (χ1) is 9.29. The van der Waals surface area contributed by atoms with Crippen LogP contribution in [0.15, 0.2) is 24.3 Å². The number of anilines is 1. The topological polar surface area (TPSA) is 63.8 Å². The third kappa shape index (κ3) is 3.02. The minimum absolute atomic E-state index is 0.0389. The summed E-state index contributed by atoms with van der Waals surface area (Å²) < 4.78 is 51.3. The van der Waals surface area contributed by atoms with Crippen molar-refractivity contribution < 1.29 is 17.6 Å². The van der Waals surface area contributed by atoms with E-state index in [1.54, 1.807) is 6.92 Å². The molecule has 0 amide bonds. The molecule has 0 unspecified atom stereocenters. The van der Waals surface area contributed by atoms with Gasteiger partial charge in [0.2, 0.25) is 0 Å². The molecule has 0 aliphatic rings. The van der Waals surface area contributed by atoms with Gasteiger partial charge in [-0.1, -0.05) is 0 Å². The molecule has 0 aliphatic carbocycles. The van der Waals surface area contributed by atoms with Gasteiger partial charge in [-0.25, -0.2) is 20.2 Å². The summed E-state index contributed by atoms with van der Waals surface area (Å²) in [5.41, 5.74) is 1.59. The van der Waals surface area contributed by atoms with Crippen molar-refractivity contribution in [3.8, 4) is 11.4 Å². The summed E-state index contributed by atoms with van der Waals surface area (Å²) in [6.45, 7) is 1.62. The van der Waals surface area contributed by atoms with Crippen LogP contribution in [0.1, 0.15) is 11.3 Å². The molecule has 0 radical (unpaired) electrons. The van der Waals surface area contributed by atoms with E-state index < -0.39 is 17.6 Å². The van der Waals surface area contributed by atoms with E-state index in [0.29, 0.717) is 11.8 Å². The van der Waals surface area contributed by atoms with Crippen LogP contribution in [0.5, 0.6) is 0 Å². The molecule has 4 nitrogen and oxygen atoms in total. The molecule has 2 aromatic rings. The maximum atomic E-state index is 13.3. The van der Waals surface area contributed by atoms with Crippen molar-refractivity contribution in [3.05, 3.63) is 41.3 Å². The van der Waals surface area contributed by atoms with Gasteiger partial charge in [0, 0.05) is 17.3 Å². The quantitative estimate of drug-likeness (QED) is 0.506. The Labute approximate surface area is 111 Å². The van der Waals surface area contributed by atoms with Crippen LogP contribution in [-0.2, 0) is 6.18 Å². The van der Waals surface area contributed by atoms with Crippen LogP contribution in [0.25, 0.3) is 11.4 Å². The fourth-order valence-electron chi connectivity index (χ4n) is 1.65. The van der Waals surface area contributed by atoms with Crippen LogP contribution in [0.4, 0.5) is 23.4 Å². The molecule has 1 heterocycles. The number of rotatable bonds is 2. The standard InChI is InChI=1S/C12H10F4N4/c1-6-2-10(20-17)19-11(18-6)7-3-8(12(14,15)16)5-9(13)4-7/h2-5H,17H2,1H3,(H,18,19,20). The summed E-state index contributed by atoms with van der Waals surface area (Å²) in [7, 11) is 0. The lowest BCUT2D eigenvalue weighted by Crippen LogP contribution is -2.10. The highest BCUT2D eigenvalue weighted by Gasteiger charge is 2.31. The monoisotopic (exact) mass is 286 g/mol. The lowest BCUT2D eigenvalue weighted by atomic mass is 10.1. The molecule has 3 N–H and O–H groups in total. The summed E-state index contributed by atoms with van der Waals surface area (Å²) in [6.07, 6.45) is -4.64. The highest BCUT2D eigenvalue weighted by Crippen LogP contribution is 2.32. The van der Waals surface area contributed by atoms with Crippen LogP contribution in [0, 0.1) is 12.7 Å². The van der Waals surface area contributed by atoms with Gasteiger partial charge in [0.15, 0.2) is 5.82 Å². The summed E-state index contributed by atoms with van der Waals surface area (Å²) in [5, 5.41) is 0. The number of halogens is 4. The highest BCUT2D eigenvalue weighted by atomic mass is 19.4. The Morgan fingerprint density at radius 1 is 1.10 bits per heavy atom. The van der Waals surface area contributed by atoms with Gasteiger partial charge in [0.25, 0.3) is 0 Å². The first-order valence-corrected chi connectivity index (χ1v) is 5.50. The molecule has 0 fully saturated rings. The molecule has 0 saturated carbocycles. The number of nitrogen functional groups attached to an aromatic ring is 1. The molecule has 0 saturated heterocycles. The number of hydrogen-bond donors (Lipinski definition) is 2. The Balaban J connectivity index is 2.58. The molecule has 106 valence electrons. The van der Waals surface area contributed by atoms with Crippen molar-refractivity contribution in [1.82, 2.24) is 9.97 Å². The van der Waals surface area contributed by atoms with Crippen molar-refractivity contribution in [2.24, 2.45) is 5.84 Å². The molecule has 0 spiro atoms. The van der Waals surface area contributed by atoms with Crippen molar-refractivity contribution in [3.63, 3.8) is 0 Å².